The van der Waals surface area contributed by atoms with Crippen molar-refractivity contribution in [3.05, 3.63) is 94.3 Å². The van der Waals surface area contributed by atoms with E-state index in [1.54, 1.807) is 42.5 Å². The second-order valence-electron chi connectivity index (χ2n) is 8.84. The molecule has 1 heterocycles. The number of rotatable bonds is 10. The third kappa shape index (κ3) is 6.68. The van der Waals surface area contributed by atoms with E-state index >= 15 is 0 Å². The van der Waals surface area contributed by atoms with Crippen molar-refractivity contribution in [2.75, 3.05) is 25.0 Å². The fourth-order valence-electron chi connectivity index (χ4n) is 4.20. The van der Waals surface area contributed by atoms with Gasteiger partial charge < -0.3 is 15.6 Å². The first-order chi connectivity index (χ1) is 17.9. The molecule has 3 aromatic carbocycles. The number of hydrogen-bond acceptors (Lipinski definition) is 5. The SMILES string of the molecule is CCN(CCCNC(=O)c1ccc2nc(-c3ccccc3NC(C)=O)c(=O)[nH]c2c1)Cc1ccccc1. The Morgan fingerprint density at radius 1 is 1.00 bits per heavy atom. The van der Waals surface area contributed by atoms with E-state index in [1.807, 2.05) is 18.2 Å². The van der Waals surface area contributed by atoms with E-state index in [0.29, 0.717) is 34.4 Å². The second kappa shape index (κ2) is 12.1. The number of carbonyl (C=O) groups excluding carboxylic acids is 2. The van der Waals surface area contributed by atoms with Gasteiger partial charge in [-0.3, -0.25) is 19.3 Å². The lowest BCUT2D eigenvalue weighted by Crippen LogP contribution is -2.29. The maximum Gasteiger partial charge on any atom is 0.275 e. The summed E-state index contributed by atoms with van der Waals surface area (Å²) in [6.07, 6.45) is 0.829. The third-order valence-corrected chi connectivity index (χ3v) is 6.08. The lowest BCUT2D eigenvalue weighted by molar-refractivity contribution is -0.114. The molecule has 0 fully saturated rings. The maximum absolute atomic E-state index is 12.9. The quantitative estimate of drug-likeness (QED) is 0.285. The van der Waals surface area contributed by atoms with Gasteiger partial charge in [0.15, 0.2) is 0 Å². The lowest BCUT2D eigenvalue weighted by Gasteiger charge is -2.20. The van der Waals surface area contributed by atoms with Crippen LogP contribution in [-0.4, -0.2) is 46.3 Å². The number of benzene rings is 3. The van der Waals surface area contributed by atoms with Crippen molar-refractivity contribution >= 4 is 28.5 Å². The molecule has 0 aliphatic rings. The highest BCUT2D eigenvalue weighted by Crippen LogP contribution is 2.25. The highest BCUT2D eigenvalue weighted by Gasteiger charge is 2.14. The largest absolute Gasteiger partial charge is 0.352 e. The van der Waals surface area contributed by atoms with Gasteiger partial charge in [0.05, 0.1) is 16.7 Å². The molecule has 37 heavy (non-hydrogen) atoms. The maximum atomic E-state index is 12.9. The van der Waals surface area contributed by atoms with Crippen LogP contribution in [0.15, 0.2) is 77.6 Å². The minimum absolute atomic E-state index is 0.199. The number of fused-ring (bicyclic) bond motifs is 1. The average molecular weight is 498 g/mol. The highest BCUT2D eigenvalue weighted by molar-refractivity contribution is 5.98. The number of aromatic nitrogens is 2. The van der Waals surface area contributed by atoms with Gasteiger partial charge >= 0.3 is 0 Å². The third-order valence-electron chi connectivity index (χ3n) is 6.08. The average Bonchev–Trinajstić information content (AvgIpc) is 2.90. The van der Waals surface area contributed by atoms with E-state index in [9.17, 15) is 14.4 Å². The summed E-state index contributed by atoms with van der Waals surface area (Å²) in [5, 5.41) is 5.70. The first kappa shape index (κ1) is 25.8. The van der Waals surface area contributed by atoms with Crippen molar-refractivity contribution in [3.63, 3.8) is 0 Å². The normalized spacial score (nSPS) is 11.0. The number of para-hydroxylation sites is 1. The van der Waals surface area contributed by atoms with Crippen LogP contribution in [0.5, 0.6) is 0 Å². The number of anilines is 1. The molecule has 8 nitrogen and oxygen atoms in total. The van der Waals surface area contributed by atoms with Gasteiger partial charge in [0.25, 0.3) is 11.5 Å². The number of nitrogens with zero attached hydrogens (tertiary/aromatic N) is 2. The molecule has 0 atom stereocenters. The molecule has 4 rings (SSSR count). The summed E-state index contributed by atoms with van der Waals surface area (Å²) in [4.78, 5) is 46.8. The molecule has 0 aliphatic carbocycles. The Bertz CT molecular complexity index is 1450. The summed E-state index contributed by atoms with van der Waals surface area (Å²) in [6.45, 7) is 6.79. The van der Waals surface area contributed by atoms with E-state index < -0.39 is 5.56 Å². The van der Waals surface area contributed by atoms with Gasteiger partial charge in [-0.25, -0.2) is 4.98 Å². The van der Waals surface area contributed by atoms with E-state index in [-0.39, 0.29) is 17.5 Å². The van der Waals surface area contributed by atoms with Crippen molar-refractivity contribution in [1.82, 2.24) is 20.2 Å². The Labute approximate surface area is 215 Å². The first-order valence-corrected chi connectivity index (χ1v) is 12.4. The van der Waals surface area contributed by atoms with Crippen LogP contribution >= 0.6 is 0 Å². The van der Waals surface area contributed by atoms with Crippen LogP contribution in [0.2, 0.25) is 0 Å². The number of nitrogens with one attached hydrogen (secondary N) is 3. The van der Waals surface area contributed by atoms with Crippen LogP contribution in [0, 0.1) is 0 Å². The molecule has 0 saturated heterocycles. The van der Waals surface area contributed by atoms with Crippen LogP contribution in [-0.2, 0) is 11.3 Å². The van der Waals surface area contributed by atoms with Gasteiger partial charge in [-0.15, -0.1) is 0 Å². The van der Waals surface area contributed by atoms with Crippen LogP contribution in [0.4, 0.5) is 5.69 Å². The Hall–Kier alpha value is -4.30. The smallest absolute Gasteiger partial charge is 0.275 e. The molecule has 0 aliphatic heterocycles. The Morgan fingerprint density at radius 2 is 1.76 bits per heavy atom. The van der Waals surface area contributed by atoms with Gasteiger partial charge in [-0.05, 0) is 42.8 Å². The minimum Gasteiger partial charge on any atom is -0.352 e. The van der Waals surface area contributed by atoms with Crippen LogP contribution < -0.4 is 16.2 Å². The molecule has 0 bridgehead atoms. The monoisotopic (exact) mass is 497 g/mol. The molecule has 4 aromatic rings. The van der Waals surface area contributed by atoms with Crippen molar-refractivity contribution in [2.24, 2.45) is 0 Å². The van der Waals surface area contributed by atoms with Crippen molar-refractivity contribution in [3.8, 4) is 11.3 Å². The molecule has 8 heteroatoms. The molecule has 0 spiro atoms. The number of H-pyrrole nitrogens is 1. The topological polar surface area (TPSA) is 107 Å². The number of amides is 2. The zero-order chi connectivity index (χ0) is 26.2. The molecular weight excluding hydrogens is 466 g/mol. The zero-order valence-corrected chi connectivity index (χ0v) is 21.1. The van der Waals surface area contributed by atoms with E-state index in [1.165, 1.54) is 12.5 Å². The first-order valence-electron chi connectivity index (χ1n) is 12.4. The predicted octanol–water partition coefficient (Wildman–Crippen LogP) is 4.19. The van der Waals surface area contributed by atoms with Crippen LogP contribution in [0.25, 0.3) is 22.3 Å². The highest BCUT2D eigenvalue weighted by atomic mass is 16.2. The van der Waals surface area contributed by atoms with Crippen molar-refractivity contribution in [1.29, 1.82) is 0 Å². The number of hydrogen-bond donors (Lipinski definition) is 3. The number of aromatic amines is 1. The predicted molar refractivity (Wildman–Crippen MR) is 146 cm³/mol. The fourth-order valence-corrected chi connectivity index (χ4v) is 4.20. The standard InChI is InChI=1S/C29H31N5O3/c1-3-34(19-21-10-5-4-6-11-21)17-9-16-30-28(36)22-14-15-25-26(18-22)33-29(37)27(32-25)23-12-7-8-13-24(23)31-20(2)35/h4-8,10-15,18H,3,9,16-17,19H2,1-2H3,(H,30,36)(H,31,35)(H,33,37). The van der Waals surface area contributed by atoms with E-state index in [2.05, 4.69) is 44.6 Å². The van der Waals surface area contributed by atoms with E-state index in [4.69, 9.17) is 0 Å². The summed E-state index contributed by atoms with van der Waals surface area (Å²) in [7, 11) is 0. The number of carbonyl (C=O) groups is 2. The molecule has 0 unspecified atom stereocenters. The van der Waals surface area contributed by atoms with Crippen LogP contribution in [0.3, 0.4) is 0 Å². The van der Waals surface area contributed by atoms with Crippen molar-refractivity contribution in [2.45, 2.75) is 26.8 Å². The Morgan fingerprint density at radius 3 is 2.51 bits per heavy atom. The van der Waals surface area contributed by atoms with Gasteiger partial charge in [0.2, 0.25) is 5.91 Å². The summed E-state index contributed by atoms with van der Waals surface area (Å²) in [5.74, 6) is -0.437. The molecular formula is C29H31N5O3. The van der Waals surface area contributed by atoms with Gasteiger partial charge in [0.1, 0.15) is 5.69 Å². The summed E-state index contributed by atoms with van der Waals surface area (Å²) >= 11 is 0. The van der Waals surface area contributed by atoms with Crippen molar-refractivity contribution < 1.29 is 9.59 Å². The molecule has 0 saturated carbocycles. The molecule has 0 radical (unpaired) electrons. The lowest BCUT2D eigenvalue weighted by atomic mass is 10.1. The molecule has 3 N–H and O–H groups in total. The molecule has 1 aromatic heterocycles. The van der Waals surface area contributed by atoms with E-state index in [0.717, 1.165) is 26.1 Å². The van der Waals surface area contributed by atoms with Gasteiger partial charge in [-0.1, -0.05) is 55.5 Å². The summed E-state index contributed by atoms with van der Waals surface area (Å²) < 4.78 is 0. The Balaban J connectivity index is 1.41. The van der Waals surface area contributed by atoms with Gasteiger partial charge in [-0.2, -0.15) is 0 Å². The van der Waals surface area contributed by atoms with Crippen LogP contribution in [0.1, 0.15) is 36.2 Å². The fraction of sp³-hybridized carbons (Fsp3) is 0.241. The molecule has 190 valence electrons. The summed E-state index contributed by atoms with van der Waals surface area (Å²) in [6, 6.07) is 22.4. The second-order valence-corrected chi connectivity index (χ2v) is 8.84. The molecule has 2 amide bonds. The summed E-state index contributed by atoms with van der Waals surface area (Å²) in [5.41, 5.74) is 3.57. The Kier molecular flexibility index (Phi) is 8.43. The minimum atomic E-state index is -0.402. The zero-order valence-electron chi connectivity index (χ0n) is 21.1. The van der Waals surface area contributed by atoms with Gasteiger partial charge in [0, 0.05) is 37.7 Å².